The molecule has 0 aromatic carbocycles. The van der Waals surface area contributed by atoms with Crippen molar-refractivity contribution in [3.05, 3.63) is 11.7 Å². The summed E-state index contributed by atoms with van der Waals surface area (Å²) in [6, 6.07) is 0.0853. The maximum Gasteiger partial charge on any atom is 0.228 e. The van der Waals surface area contributed by atoms with Gasteiger partial charge in [0.25, 0.3) is 0 Å². The monoisotopic (exact) mass is 257 g/mol. The highest BCUT2D eigenvalue weighted by atomic mass is 32.2. The fraction of sp³-hybridized carbons (Fsp3) is 0.833. The Morgan fingerprint density at radius 1 is 1.41 bits per heavy atom. The molecule has 17 heavy (non-hydrogen) atoms. The SMILES string of the molecule is CCSCc1noc(CC(N)CC(C)(C)C)n1. The van der Waals surface area contributed by atoms with Crippen LogP contribution in [0.2, 0.25) is 0 Å². The van der Waals surface area contributed by atoms with Crippen molar-refractivity contribution in [3.63, 3.8) is 0 Å². The number of nitrogens with two attached hydrogens (primary N) is 1. The lowest BCUT2D eigenvalue weighted by Crippen LogP contribution is -2.28. The van der Waals surface area contributed by atoms with Gasteiger partial charge in [0.1, 0.15) is 0 Å². The second-order valence-electron chi connectivity index (χ2n) is 5.47. The van der Waals surface area contributed by atoms with E-state index in [-0.39, 0.29) is 11.5 Å². The molecule has 1 heterocycles. The normalized spacial score (nSPS) is 13.9. The number of thioether (sulfide) groups is 1. The van der Waals surface area contributed by atoms with E-state index in [2.05, 4.69) is 37.8 Å². The molecule has 0 amide bonds. The first-order valence-corrected chi connectivity index (χ1v) is 7.21. The molecule has 4 nitrogen and oxygen atoms in total. The lowest BCUT2D eigenvalue weighted by molar-refractivity contribution is 0.312. The summed E-state index contributed by atoms with van der Waals surface area (Å²) in [5, 5.41) is 3.94. The largest absolute Gasteiger partial charge is 0.339 e. The van der Waals surface area contributed by atoms with E-state index in [1.165, 1.54) is 0 Å². The fourth-order valence-corrected chi connectivity index (χ4v) is 2.21. The number of nitrogens with zero attached hydrogens (tertiary/aromatic N) is 2. The highest BCUT2D eigenvalue weighted by Gasteiger charge is 2.18. The van der Waals surface area contributed by atoms with Gasteiger partial charge in [-0.15, -0.1) is 0 Å². The van der Waals surface area contributed by atoms with Crippen molar-refractivity contribution in [2.75, 3.05) is 5.75 Å². The summed E-state index contributed by atoms with van der Waals surface area (Å²) in [5.74, 6) is 3.31. The molecular weight excluding hydrogens is 234 g/mol. The van der Waals surface area contributed by atoms with Gasteiger partial charge < -0.3 is 10.3 Å². The van der Waals surface area contributed by atoms with Crippen LogP contribution >= 0.6 is 11.8 Å². The van der Waals surface area contributed by atoms with Gasteiger partial charge in [-0.05, 0) is 17.6 Å². The third-order valence-corrected chi connectivity index (χ3v) is 3.13. The number of hydrogen-bond acceptors (Lipinski definition) is 5. The minimum atomic E-state index is 0.0853. The molecule has 1 rings (SSSR count). The van der Waals surface area contributed by atoms with E-state index < -0.39 is 0 Å². The average Bonchev–Trinajstić information content (AvgIpc) is 2.59. The molecule has 5 heteroatoms. The number of aromatic nitrogens is 2. The first-order chi connectivity index (χ1) is 7.90. The fourth-order valence-electron chi connectivity index (χ4n) is 1.71. The zero-order valence-electron chi connectivity index (χ0n) is 11.2. The van der Waals surface area contributed by atoms with E-state index in [9.17, 15) is 0 Å². The van der Waals surface area contributed by atoms with Crippen LogP contribution < -0.4 is 5.73 Å². The predicted molar refractivity (Wildman–Crippen MR) is 71.9 cm³/mol. The molecule has 1 aromatic heterocycles. The van der Waals surface area contributed by atoms with E-state index >= 15 is 0 Å². The Morgan fingerprint density at radius 3 is 2.71 bits per heavy atom. The van der Waals surface area contributed by atoms with Gasteiger partial charge in [-0.2, -0.15) is 16.7 Å². The van der Waals surface area contributed by atoms with Crippen molar-refractivity contribution >= 4 is 11.8 Å². The predicted octanol–water partition coefficient (Wildman–Crippen LogP) is 2.63. The Balaban J connectivity index is 2.43. The minimum absolute atomic E-state index is 0.0853. The lowest BCUT2D eigenvalue weighted by atomic mass is 9.87. The number of rotatable bonds is 6. The second-order valence-corrected chi connectivity index (χ2v) is 6.74. The third-order valence-electron chi connectivity index (χ3n) is 2.26. The van der Waals surface area contributed by atoms with Gasteiger partial charge in [0.15, 0.2) is 5.82 Å². The Kier molecular flexibility index (Phi) is 5.46. The Morgan fingerprint density at radius 2 is 2.12 bits per heavy atom. The van der Waals surface area contributed by atoms with Crippen LogP contribution in [0.4, 0.5) is 0 Å². The van der Waals surface area contributed by atoms with Gasteiger partial charge in [-0.3, -0.25) is 0 Å². The molecule has 1 unspecified atom stereocenters. The van der Waals surface area contributed by atoms with Gasteiger partial charge in [0, 0.05) is 12.5 Å². The van der Waals surface area contributed by atoms with Crippen LogP contribution in [0, 0.1) is 5.41 Å². The lowest BCUT2D eigenvalue weighted by Gasteiger charge is -2.21. The Labute approximate surface area is 108 Å². The summed E-state index contributed by atoms with van der Waals surface area (Å²) in [4.78, 5) is 4.34. The molecule has 0 saturated heterocycles. The second kappa shape index (κ2) is 6.40. The molecule has 0 aliphatic carbocycles. The van der Waals surface area contributed by atoms with Crippen LogP contribution in [0.25, 0.3) is 0 Å². The van der Waals surface area contributed by atoms with Crippen molar-refractivity contribution in [2.45, 2.75) is 52.3 Å². The maximum absolute atomic E-state index is 6.07. The van der Waals surface area contributed by atoms with Crippen molar-refractivity contribution in [2.24, 2.45) is 11.1 Å². The molecule has 0 aliphatic heterocycles. The molecule has 98 valence electrons. The van der Waals surface area contributed by atoms with Gasteiger partial charge in [-0.25, -0.2) is 0 Å². The molecule has 0 saturated carbocycles. The first-order valence-electron chi connectivity index (χ1n) is 6.05. The molecular formula is C12H23N3OS. The molecule has 0 spiro atoms. The summed E-state index contributed by atoms with van der Waals surface area (Å²) in [5.41, 5.74) is 6.30. The van der Waals surface area contributed by atoms with Gasteiger partial charge >= 0.3 is 0 Å². The standard InChI is InChI=1S/C12H23N3OS/c1-5-17-8-10-14-11(16-15-10)6-9(13)7-12(2,3)4/h9H,5-8,13H2,1-4H3. The first kappa shape index (κ1) is 14.5. The molecule has 1 aromatic rings. The zero-order valence-corrected chi connectivity index (χ0v) is 12.0. The Bertz CT molecular complexity index is 333. The molecule has 0 aliphatic rings. The van der Waals surface area contributed by atoms with E-state index in [4.69, 9.17) is 10.3 Å². The van der Waals surface area contributed by atoms with Gasteiger partial charge in [-0.1, -0.05) is 32.9 Å². The van der Waals surface area contributed by atoms with E-state index in [0.29, 0.717) is 12.3 Å². The van der Waals surface area contributed by atoms with E-state index in [1.54, 1.807) is 11.8 Å². The molecule has 1 atom stereocenters. The van der Waals surface area contributed by atoms with Crippen LogP contribution in [0.1, 0.15) is 45.8 Å². The number of hydrogen-bond donors (Lipinski definition) is 1. The van der Waals surface area contributed by atoms with Crippen LogP contribution in [0.15, 0.2) is 4.52 Å². The molecule has 0 fully saturated rings. The molecule has 2 N–H and O–H groups in total. The highest BCUT2D eigenvalue weighted by Crippen LogP contribution is 2.21. The van der Waals surface area contributed by atoms with Crippen molar-refractivity contribution in [1.82, 2.24) is 10.1 Å². The quantitative estimate of drug-likeness (QED) is 0.848. The zero-order chi connectivity index (χ0) is 12.9. The van der Waals surface area contributed by atoms with Gasteiger partial charge in [0.05, 0.1) is 5.75 Å². The van der Waals surface area contributed by atoms with Crippen LogP contribution in [0.5, 0.6) is 0 Å². The minimum Gasteiger partial charge on any atom is -0.339 e. The van der Waals surface area contributed by atoms with Crippen molar-refractivity contribution in [3.8, 4) is 0 Å². The van der Waals surface area contributed by atoms with Crippen LogP contribution in [0.3, 0.4) is 0 Å². The summed E-state index contributed by atoms with van der Waals surface area (Å²) in [7, 11) is 0. The van der Waals surface area contributed by atoms with E-state index in [1.807, 2.05) is 0 Å². The van der Waals surface area contributed by atoms with E-state index in [0.717, 1.165) is 23.8 Å². The van der Waals surface area contributed by atoms with Crippen LogP contribution in [-0.4, -0.2) is 21.9 Å². The smallest absolute Gasteiger partial charge is 0.228 e. The Hall–Kier alpha value is -0.550. The summed E-state index contributed by atoms with van der Waals surface area (Å²) < 4.78 is 5.19. The van der Waals surface area contributed by atoms with Crippen LogP contribution in [-0.2, 0) is 12.2 Å². The molecule has 0 radical (unpaired) electrons. The molecule has 0 bridgehead atoms. The summed E-state index contributed by atoms with van der Waals surface area (Å²) >= 11 is 1.79. The summed E-state index contributed by atoms with van der Waals surface area (Å²) in [6.07, 6.45) is 1.62. The van der Waals surface area contributed by atoms with Crippen molar-refractivity contribution < 1.29 is 4.52 Å². The third kappa shape index (κ3) is 6.07. The highest BCUT2D eigenvalue weighted by molar-refractivity contribution is 7.98. The van der Waals surface area contributed by atoms with Gasteiger partial charge in [0.2, 0.25) is 5.89 Å². The maximum atomic E-state index is 6.07. The summed E-state index contributed by atoms with van der Waals surface area (Å²) in [6.45, 7) is 8.67. The average molecular weight is 257 g/mol. The topological polar surface area (TPSA) is 64.9 Å². The van der Waals surface area contributed by atoms with Crippen molar-refractivity contribution in [1.29, 1.82) is 0 Å².